The molecular formula is C18H15LiN4O2. The van der Waals surface area contributed by atoms with Crippen LogP contribution in [0.15, 0.2) is 61.2 Å². The van der Waals surface area contributed by atoms with Gasteiger partial charge in [-0.3, -0.25) is 14.5 Å². The van der Waals surface area contributed by atoms with E-state index in [1.54, 1.807) is 12.5 Å². The molecule has 0 atom stereocenters. The number of nitrogens with one attached hydrogen (secondary N) is 1. The van der Waals surface area contributed by atoms with E-state index >= 15 is 0 Å². The average molecular weight is 326 g/mol. The molecule has 0 spiro atoms. The second-order valence-corrected chi connectivity index (χ2v) is 5.54. The SMILES string of the molecule is O=C(O)Cc1ccc(-n2cnc3cc(-c4cn[nH]c4)ccc32)cc1.[LiH]. The number of hydrogen-bond donors (Lipinski definition) is 2. The fourth-order valence-corrected chi connectivity index (χ4v) is 2.76. The molecule has 2 N–H and O–H groups in total. The third-order valence-electron chi connectivity index (χ3n) is 3.95. The van der Waals surface area contributed by atoms with Gasteiger partial charge in [-0.05, 0) is 35.4 Å². The number of hydrogen-bond acceptors (Lipinski definition) is 3. The first kappa shape index (κ1) is 17.0. The Morgan fingerprint density at radius 2 is 1.92 bits per heavy atom. The van der Waals surface area contributed by atoms with Gasteiger partial charge in [-0.15, -0.1) is 0 Å². The molecule has 2 aromatic heterocycles. The Bertz CT molecular complexity index is 1010. The topological polar surface area (TPSA) is 83.8 Å². The van der Waals surface area contributed by atoms with Gasteiger partial charge in [0.2, 0.25) is 0 Å². The molecule has 0 saturated heterocycles. The Morgan fingerprint density at radius 1 is 1.12 bits per heavy atom. The van der Waals surface area contributed by atoms with Crippen LogP contribution in [-0.2, 0) is 11.2 Å². The van der Waals surface area contributed by atoms with Crippen molar-refractivity contribution >= 4 is 35.9 Å². The summed E-state index contributed by atoms with van der Waals surface area (Å²) in [6, 6.07) is 13.5. The van der Waals surface area contributed by atoms with Gasteiger partial charge in [-0.2, -0.15) is 5.10 Å². The van der Waals surface area contributed by atoms with E-state index in [0.717, 1.165) is 33.4 Å². The van der Waals surface area contributed by atoms with Gasteiger partial charge in [-0.25, -0.2) is 4.98 Å². The summed E-state index contributed by atoms with van der Waals surface area (Å²) >= 11 is 0. The van der Waals surface area contributed by atoms with Crippen LogP contribution in [0.2, 0.25) is 0 Å². The fourth-order valence-electron chi connectivity index (χ4n) is 2.76. The zero-order valence-corrected chi connectivity index (χ0v) is 12.7. The van der Waals surface area contributed by atoms with Crippen molar-refractivity contribution in [1.82, 2.24) is 19.7 Å². The number of H-pyrrole nitrogens is 1. The van der Waals surface area contributed by atoms with Crippen molar-refractivity contribution in [2.45, 2.75) is 6.42 Å². The molecule has 0 unspecified atom stereocenters. The minimum absolute atomic E-state index is 0. The van der Waals surface area contributed by atoms with Crippen molar-refractivity contribution in [3.05, 3.63) is 66.7 Å². The van der Waals surface area contributed by atoms with Crippen molar-refractivity contribution in [3.8, 4) is 16.8 Å². The van der Waals surface area contributed by atoms with Gasteiger partial charge in [0, 0.05) is 17.4 Å². The minimum atomic E-state index is -0.831. The van der Waals surface area contributed by atoms with E-state index < -0.39 is 5.97 Å². The second kappa shape index (κ2) is 6.97. The van der Waals surface area contributed by atoms with Crippen molar-refractivity contribution < 1.29 is 9.90 Å². The molecule has 0 fully saturated rings. The van der Waals surface area contributed by atoms with E-state index in [1.807, 2.05) is 53.2 Å². The van der Waals surface area contributed by atoms with Gasteiger partial charge in [0.1, 0.15) is 6.33 Å². The number of carboxylic acids is 1. The average Bonchev–Trinajstić information content (AvgIpc) is 3.24. The van der Waals surface area contributed by atoms with Crippen LogP contribution in [-0.4, -0.2) is 49.7 Å². The molecule has 0 amide bonds. The summed E-state index contributed by atoms with van der Waals surface area (Å²) in [5, 5.41) is 15.6. The standard InChI is InChI=1S/C18H14N4O2.Li.H/c23-18(24)7-12-1-4-15(5-2-12)22-11-19-16-8-13(3-6-17(16)22)14-9-20-21-10-14;;/h1-6,8-11H,7H2,(H,20,21)(H,23,24);;. The van der Waals surface area contributed by atoms with Crippen molar-refractivity contribution in [1.29, 1.82) is 0 Å². The number of fused-ring (bicyclic) bond motifs is 1. The van der Waals surface area contributed by atoms with Gasteiger partial charge >= 0.3 is 24.8 Å². The quantitative estimate of drug-likeness (QED) is 0.564. The molecule has 0 saturated carbocycles. The zero-order chi connectivity index (χ0) is 16.5. The number of imidazole rings is 1. The summed E-state index contributed by atoms with van der Waals surface area (Å²) in [6.07, 6.45) is 5.42. The first-order valence-corrected chi connectivity index (χ1v) is 7.48. The van der Waals surface area contributed by atoms with Gasteiger partial charge in [-0.1, -0.05) is 18.2 Å². The summed E-state index contributed by atoms with van der Waals surface area (Å²) < 4.78 is 1.99. The predicted octanol–water partition coefficient (Wildman–Crippen LogP) is 2.39. The number of carbonyl (C=O) groups is 1. The summed E-state index contributed by atoms with van der Waals surface area (Å²) in [4.78, 5) is 15.2. The molecule has 0 bridgehead atoms. The van der Waals surface area contributed by atoms with Crippen LogP contribution in [0.5, 0.6) is 0 Å². The molecule has 0 aliphatic carbocycles. The number of benzene rings is 2. The Kier molecular flexibility index (Phi) is 4.75. The van der Waals surface area contributed by atoms with E-state index in [1.165, 1.54) is 0 Å². The number of aromatic nitrogens is 4. The molecule has 6 nitrogen and oxygen atoms in total. The van der Waals surface area contributed by atoms with Crippen molar-refractivity contribution in [2.75, 3.05) is 0 Å². The molecule has 0 aliphatic rings. The fraction of sp³-hybridized carbons (Fsp3) is 0.0556. The van der Waals surface area contributed by atoms with Gasteiger partial charge in [0.05, 0.1) is 23.7 Å². The van der Waals surface area contributed by atoms with Gasteiger partial charge in [0.25, 0.3) is 0 Å². The first-order valence-electron chi connectivity index (χ1n) is 7.48. The van der Waals surface area contributed by atoms with E-state index in [-0.39, 0.29) is 25.3 Å². The molecule has 4 aromatic rings. The van der Waals surface area contributed by atoms with Crippen molar-refractivity contribution in [3.63, 3.8) is 0 Å². The maximum absolute atomic E-state index is 10.8. The van der Waals surface area contributed by atoms with E-state index in [4.69, 9.17) is 5.11 Å². The van der Waals surface area contributed by atoms with Crippen LogP contribution in [0.4, 0.5) is 0 Å². The van der Waals surface area contributed by atoms with Crippen LogP contribution in [0.25, 0.3) is 27.8 Å². The predicted molar refractivity (Wildman–Crippen MR) is 97.1 cm³/mol. The number of aliphatic carboxylic acids is 1. The summed E-state index contributed by atoms with van der Waals surface area (Å²) in [7, 11) is 0. The van der Waals surface area contributed by atoms with E-state index in [9.17, 15) is 4.79 Å². The van der Waals surface area contributed by atoms with E-state index in [0.29, 0.717) is 0 Å². The number of carboxylic acid groups (broad SMARTS) is 1. The van der Waals surface area contributed by atoms with Crippen LogP contribution >= 0.6 is 0 Å². The molecule has 120 valence electrons. The molecule has 7 heteroatoms. The molecule has 25 heavy (non-hydrogen) atoms. The molecule has 2 heterocycles. The summed E-state index contributed by atoms with van der Waals surface area (Å²) in [6.45, 7) is 0. The summed E-state index contributed by atoms with van der Waals surface area (Å²) in [5.74, 6) is -0.831. The van der Waals surface area contributed by atoms with Gasteiger partial charge in [0.15, 0.2) is 0 Å². The zero-order valence-electron chi connectivity index (χ0n) is 12.7. The van der Waals surface area contributed by atoms with Crippen LogP contribution in [0, 0.1) is 0 Å². The monoisotopic (exact) mass is 326 g/mol. The van der Waals surface area contributed by atoms with Gasteiger partial charge < -0.3 is 5.11 Å². The Morgan fingerprint density at radius 3 is 2.60 bits per heavy atom. The molecule has 2 aromatic carbocycles. The van der Waals surface area contributed by atoms with Crippen LogP contribution < -0.4 is 0 Å². The summed E-state index contributed by atoms with van der Waals surface area (Å²) in [5.41, 5.74) is 5.68. The van der Waals surface area contributed by atoms with Crippen molar-refractivity contribution in [2.24, 2.45) is 0 Å². The normalized spacial score (nSPS) is 10.6. The number of aromatic amines is 1. The molecular weight excluding hydrogens is 311 g/mol. The van der Waals surface area contributed by atoms with Crippen LogP contribution in [0.3, 0.4) is 0 Å². The second-order valence-electron chi connectivity index (χ2n) is 5.54. The third kappa shape index (κ3) is 3.36. The van der Waals surface area contributed by atoms with E-state index in [2.05, 4.69) is 15.2 Å². The van der Waals surface area contributed by atoms with Crippen LogP contribution in [0.1, 0.15) is 5.56 Å². The number of nitrogens with zero attached hydrogens (tertiary/aromatic N) is 3. The Hall–Kier alpha value is -2.81. The Labute approximate surface area is 155 Å². The molecule has 0 radical (unpaired) electrons. The first-order chi connectivity index (χ1) is 11.7. The number of rotatable bonds is 4. The molecule has 0 aliphatic heterocycles. The third-order valence-corrected chi connectivity index (χ3v) is 3.95. The molecule has 4 rings (SSSR count). The maximum atomic E-state index is 10.8. The Balaban J connectivity index is 0.00000182.